The van der Waals surface area contributed by atoms with Gasteiger partial charge >= 0.3 is 11.9 Å². The number of thiophene rings is 1. The van der Waals surface area contributed by atoms with E-state index < -0.39 is 24.0 Å². The molecule has 4 aliphatic carbocycles. The van der Waals surface area contributed by atoms with Gasteiger partial charge in [0, 0.05) is 17.0 Å². The largest absolute Gasteiger partial charge is 0.478 e. The van der Waals surface area contributed by atoms with E-state index in [0.717, 1.165) is 22.0 Å². The van der Waals surface area contributed by atoms with Crippen LogP contribution in [0.1, 0.15) is 45.4 Å². The highest BCUT2D eigenvalue weighted by Crippen LogP contribution is 2.54. The Bertz CT molecular complexity index is 659. The van der Waals surface area contributed by atoms with Crippen molar-refractivity contribution in [1.29, 1.82) is 0 Å². The second-order valence-corrected chi connectivity index (χ2v) is 11.5. The summed E-state index contributed by atoms with van der Waals surface area (Å²) in [7, 11) is 0. The van der Waals surface area contributed by atoms with Crippen LogP contribution in [0, 0.1) is 23.7 Å². The molecule has 162 valence electrons. The third-order valence-electron chi connectivity index (χ3n) is 6.17. The number of nitrogens with two attached hydrogens (primary N) is 1. The zero-order chi connectivity index (χ0) is 21.0. The van der Waals surface area contributed by atoms with E-state index in [0.29, 0.717) is 11.3 Å². The average molecular weight is 458 g/mol. The molecule has 1 unspecified atom stereocenters. The van der Waals surface area contributed by atoms with Crippen LogP contribution in [0.5, 0.6) is 0 Å². The SMILES string of the molecule is C[C@@H](CS)C(=O)OC(CSc1cccs1)C(=O)O.NC12CC3CC(CC(C3)C1)C2. The van der Waals surface area contributed by atoms with E-state index >= 15 is 0 Å². The van der Waals surface area contributed by atoms with Gasteiger partial charge in [0.25, 0.3) is 0 Å². The second kappa shape index (κ2) is 10.1. The minimum Gasteiger partial charge on any atom is -0.478 e. The van der Waals surface area contributed by atoms with E-state index in [1.54, 1.807) is 6.92 Å². The smallest absolute Gasteiger partial charge is 0.345 e. The molecule has 0 amide bonds. The maximum Gasteiger partial charge on any atom is 0.345 e. The van der Waals surface area contributed by atoms with Crippen molar-refractivity contribution in [2.45, 2.75) is 61.3 Å². The predicted molar refractivity (Wildman–Crippen MR) is 121 cm³/mol. The summed E-state index contributed by atoms with van der Waals surface area (Å²) in [6, 6.07) is 3.78. The molecule has 1 aromatic rings. The lowest BCUT2D eigenvalue weighted by Gasteiger charge is -2.55. The molecule has 1 heterocycles. The summed E-state index contributed by atoms with van der Waals surface area (Å²) in [5.74, 6) is 1.55. The van der Waals surface area contributed by atoms with Crippen molar-refractivity contribution < 1.29 is 19.4 Å². The highest BCUT2D eigenvalue weighted by Gasteiger charge is 2.48. The van der Waals surface area contributed by atoms with E-state index in [1.165, 1.54) is 61.6 Å². The summed E-state index contributed by atoms with van der Waals surface area (Å²) in [6.07, 6.45) is 7.45. The van der Waals surface area contributed by atoms with Crippen LogP contribution in [0.15, 0.2) is 21.7 Å². The fourth-order valence-corrected chi connectivity index (χ4v) is 7.11. The first-order valence-corrected chi connectivity index (χ1v) is 12.8. The van der Waals surface area contributed by atoms with Crippen molar-refractivity contribution in [1.82, 2.24) is 0 Å². The van der Waals surface area contributed by atoms with Crippen molar-refractivity contribution in [3.05, 3.63) is 17.5 Å². The maximum atomic E-state index is 11.5. The molecule has 5 nitrogen and oxygen atoms in total. The first-order valence-electron chi connectivity index (χ1n) is 10.3. The van der Waals surface area contributed by atoms with Crippen LogP contribution in [-0.4, -0.2) is 40.2 Å². The highest BCUT2D eigenvalue weighted by atomic mass is 32.2. The normalized spacial score (nSPS) is 31.5. The molecule has 8 heteroatoms. The number of carbonyl (C=O) groups is 2. The van der Waals surface area contributed by atoms with E-state index in [1.807, 2.05) is 17.5 Å². The van der Waals surface area contributed by atoms with Gasteiger partial charge in [0.2, 0.25) is 6.10 Å². The number of esters is 1. The predicted octanol–water partition coefficient (Wildman–Crippen LogP) is 4.32. The van der Waals surface area contributed by atoms with Gasteiger partial charge < -0.3 is 15.6 Å². The van der Waals surface area contributed by atoms with Gasteiger partial charge in [-0.25, -0.2) is 4.79 Å². The van der Waals surface area contributed by atoms with Crippen molar-refractivity contribution in [3.63, 3.8) is 0 Å². The van der Waals surface area contributed by atoms with E-state index in [9.17, 15) is 9.59 Å². The Labute approximate surface area is 186 Å². The standard InChI is InChI=1S/C11H14O4S3.C10H17N/c1-7(5-16)11(14)15-8(10(12)13)6-18-9-3-2-4-17-9;11-10-4-7-1-8(5-10)3-9(2-7)6-10/h2-4,7-8,16H,5-6H2,1H3,(H,12,13);7-9H,1-6,11H2/t7-,8?;/m0./s1. The van der Waals surface area contributed by atoms with Gasteiger partial charge in [-0.05, 0) is 67.7 Å². The number of hydrogen-bond acceptors (Lipinski definition) is 7. The number of aliphatic carboxylic acids is 1. The monoisotopic (exact) mass is 457 g/mol. The zero-order valence-electron chi connectivity index (χ0n) is 16.8. The lowest BCUT2D eigenvalue weighted by Crippen LogP contribution is -2.55. The summed E-state index contributed by atoms with van der Waals surface area (Å²) in [5, 5.41) is 10.9. The van der Waals surface area contributed by atoms with Crippen molar-refractivity contribution in [3.8, 4) is 0 Å². The van der Waals surface area contributed by atoms with Crippen LogP contribution in [0.2, 0.25) is 0 Å². The fourth-order valence-electron chi connectivity index (χ4n) is 5.17. The molecule has 0 aromatic carbocycles. The summed E-state index contributed by atoms with van der Waals surface area (Å²) < 4.78 is 5.96. The number of carbonyl (C=O) groups excluding carboxylic acids is 1. The van der Waals surface area contributed by atoms with Crippen LogP contribution >= 0.6 is 35.7 Å². The summed E-state index contributed by atoms with van der Waals surface area (Å²) >= 11 is 6.87. The Morgan fingerprint density at radius 2 is 1.90 bits per heavy atom. The average Bonchev–Trinajstić information content (AvgIpc) is 3.16. The molecule has 4 aliphatic rings. The van der Waals surface area contributed by atoms with E-state index in [2.05, 4.69) is 12.6 Å². The van der Waals surface area contributed by atoms with Crippen LogP contribution in [0.4, 0.5) is 0 Å². The molecule has 4 fully saturated rings. The number of rotatable bonds is 7. The van der Waals surface area contributed by atoms with E-state index in [-0.39, 0.29) is 5.75 Å². The summed E-state index contributed by atoms with van der Waals surface area (Å²) in [4.78, 5) is 22.5. The molecule has 1 aromatic heterocycles. The van der Waals surface area contributed by atoms with Crippen LogP contribution in [0.3, 0.4) is 0 Å². The van der Waals surface area contributed by atoms with Gasteiger partial charge in [-0.2, -0.15) is 12.6 Å². The third-order valence-corrected chi connectivity index (χ3v) is 8.91. The Kier molecular flexibility index (Phi) is 7.98. The minimum absolute atomic E-state index is 0.209. The first-order chi connectivity index (χ1) is 13.8. The molecular weight excluding hydrogens is 426 g/mol. The van der Waals surface area contributed by atoms with Crippen LogP contribution in [-0.2, 0) is 14.3 Å². The Balaban J connectivity index is 0.000000183. The quantitative estimate of drug-likeness (QED) is 0.321. The molecule has 5 rings (SSSR count). The molecule has 29 heavy (non-hydrogen) atoms. The zero-order valence-corrected chi connectivity index (χ0v) is 19.3. The molecule has 4 bridgehead atoms. The molecular formula is C21H31NO4S3. The Hall–Kier alpha value is -0.700. The molecule has 3 N–H and O–H groups in total. The van der Waals surface area contributed by atoms with Gasteiger partial charge in [0.15, 0.2) is 0 Å². The topological polar surface area (TPSA) is 89.6 Å². The maximum absolute atomic E-state index is 11.5. The van der Waals surface area contributed by atoms with Gasteiger partial charge in [-0.15, -0.1) is 23.1 Å². The Morgan fingerprint density at radius 1 is 1.31 bits per heavy atom. The number of hydrogen-bond donors (Lipinski definition) is 3. The summed E-state index contributed by atoms with van der Waals surface area (Å²) in [5.41, 5.74) is 6.62. The number of thiol groups is 1. The lowest BCUT2D eigenvalue weighted by atomic mass is 9.53. The first kappa shape index (κ1) is 23.0. The molecule has 2 atom stereocenters. The molecule has 4 saturated carbocycles. The van der Waals surface area contributed by atoms with E-state index in [4.69, 9.17) is 15.6 Å². The van der Waals surface area contributed by atoms with Crippen LogP contribution in [0.25, 0.3) is 0 Å². The lowest BCUT2D eigenvalue weighted by molar-refractivity contribution is -0.164. The van der Waals surface area contributed by atoms with Crippen LogP contribution < -0.4 is 5.73 Å². The second-order valence-electron chi connectivity index (χ2n) is 8.87. The molecule has 0 aliphatic heterocycles. The number of thioether (sulfide) groups is 1. The fraction of sp³-hybridized carbons (Fsp3) is 0.714. The Morgan fingerprint density at radius 3 is 2.31 bits per heavy atom. The molecule has 0 radical (unpaired) electrons. The molecule has 0 spiro atoms. The third kappa shape index (κ3) is 6.39. The molecule has 0 saturated heterocycles. The van der Waals surface area contributed by atoms with Crippen molar-refractivity contribution in [2.75, 3.05) is 11.5 Å². The highest BCUT2D eigenvalue weighted by molar-refractivity contribution is 8.01. The van der Waals surface area contributed by atoms with Gasteiger partial charge in [-0.3, -0.25) is 4.79 Å². The van der Waals surface area contributed by atoms with Crippen molar-refractivity contribution in [2.24, 2.45) is 29.4 Å². The summed E-state index contributed by atoms with van der Waals surface area (Å²) in [6.45, 7) is 1.65. The van der Waals surface area contributed by atoms with Gasteiger partial charge in [0.1, 0.15) is 0 Å². The van der Waals surface area contributed by atoms with Crippen molar-refractivity contribution >= 4 is 47.7 Å². The van der Waals surface area contributed by atoms with Gasteiger partial charge in [0.05, 0.1) is 10.1 Å². The number of carboxylic acid groups (broad SMARTS) is 1. The number of ether oxygens (including phenoxy) is 1. The minimum atomic E-state index is -1.13. The number of carboxylic acids is 1. The van der Waals surface area contributed by atoms with Gasteiger partial charge in [-0.1, -0.05) is 13.0 Å².